The van der Waals surface area contributed by atoms with Crippen LogP contribution in [0, 0.1) is 0 Å². The minimum atomic E-state index is -2.69. The van der Waals surface area contributed by atoms with E-state index in [4.69, 9.17) is 99.5 Å². The average molecular weight is 1880 g/mol. The number of carbonyl (C=O) groups excluding carboxylic acids is 2. The Kier molecular flexibility index (Phi) is 37.7. The van der Waals surface area contributed by atoms with Gasteiger partial charge in [-0.2, -0.15) is 0 Å². The zero-order valence-electron chi connectivity index (χ0n) is 67.7. The summed E-state index contributed by atoms with van der Waals surface area (Å²) in [6, 6.07) is -3.70. The van der Waals surface area contributed by atoms with Gasteiger partial charge in [-0.3, -0.25) is 9.59 Å². The molecule has 744 valence electrons. The average Bonchev–Trinajstić information content (AvgIpc) is 0.753. The highest BCUT2D eigenvalue weighted by atomic mass is 16.8. The van der Waals surface area contributed by atoms with Crippen LogP contribution in [0.25, 0.3) is 0 Å². The molecule has 0 spiro atoms. The van der Waals surface area contributed by atoms with Crippen LogP contribution >= 0.6 is 0 Å². The van der Waals surface area contributed by atoms with Gasteiger partial charge in [-0.1, -0.05) is 0 Å². The van der Waals surface area contributed by atoms with Gasteiger partial charge in [-0.25, -0.2) is 0 Å². The summed E-state index contributed by atoms with van der Waals surface area (Å²) in [6.45, 7) is -10.7. The second-order valence-corrected chi connectivity index (χ2v) is 32.3. The smallest absolute Gasteiger partial charge is 0.217 e. The van der Waals surface area contributed by atoms with E-state index in [1.807, 2.05) is 0 Å². The third-order valence-corrected chi connectivity index (χ3v) is 23.8. The molecule has 2 amide bonds. The number of carbonyl (C=O) groups is 2. The molecular weight excluding hydrogens is 1760 g/mol. The second kappa shape index (κ2) is 45.8. The standard InChI is InChI=1S/C70H118N2O56/c1-14(82)71-27-38(93)52(23(10-80)110-60(27)107)121-61-28(72-15(2)83)39(94)53(24(11-81)118-61)122-67-51(106)56(125-69-59(45(100)34(89)20(7-77)116-69)128-70-58(44(99)33(88)21(8-78)117-70)127-66-50(105)54(35(90)22(9-79)114-66)123-63-46(101)40(95)29(84)16(3-73)111-63)37(92)26(120-67)12-108-62-49(104)55(124-64-47(102)41(96)30(85)17(4-74)112-64)36(91)25(119-62)13-109-68-57(43(98)32(87)19(6-76)115-68)126-65-48(103)42(97)31(86)18(5-75)113-65/h16-70,73-81,84-107H,3-13H2,1-2H3,(H,71,82)(H,72,83)/t16-,17-,18-,19-,20-,21-,22-,23-,24-,25-,26-,27-,28-,29-,30-,31-,32-,33-,34-,35-,36-,37-,38-,39-,40+,41+,42+,43+,44+,45+,46-,47+,48+,49+,50+,51+,52-,53-,54+,55+,56+,57+,58+,59+,60?,61+,62+,63?,64-,65-,66-,67+,68+,69-,70-/m1/s1. The predicted octanol–water partition coefficient (Wildman–Crippen LogP) is -24.7. The molecule has 0 bridgehead atoms. The van der Waals surface area contributed by atoms with Gasteiger partial charge >= 0.3 is 0 Å². The van der Waals surface area contributed by atoms with Gasteiger partial charge in [0.05, 0.1) is 72.7 Å². The van der Waals surface area contributed by atoms with E-state index in [-0.39, 0.29) is 0 Å². The van der Waals surface area contributed by atoms with E-state index in [2.05, 4.69) is 10.6 Å². The molecule has 0 aromatic carbocycles. The summed E-state index contributed by atoms with van der Waals surface area (Å²) in [4.78, 5) is 25.3. The number of aliphatic hydroxyl groups excluding tert-OH is 33. The van der Waals surface area contributed by atoms with Crippen molar-refractivity contribution in [3.05, 3.63) is 0 Å². The monoisotopic (exact) mass is 1880 g/mol. The molecule has 2 unspecified atom stereocenters. The fourth-order valence-corrected chi connectivity index (χ4v) is 16.5. The van der Waals surface area contributed by atoms with Crippen LogP contribution in [0.4, 0.5) is 0 Å². The van der Waals surface area contributed by atoms with Gasteiger partial charge in [-0.05, 0) is 0 Å². The van der Waals surface area contributed by atoms with Crippen molar-refractivity contribution in [2.24, 2.45) is 0 Å². The number of amides is 2. The van der Waals surface area contributed by atoms with E-state index in [1.165, 1.54) is 0 Å². The first-order valence-corrected chi connectivity index (χ1v) is 40.7. The molecule has 55 atom stereocenters. The zero-order chi connectivity index (χ0) is 94.0. The first-order valence-electron chi connectivity index (χ1n) is 40.7. The SMILES string of the molecule is CC(=O)N[C@H]1[C@H](O[C@H]2[C@H](O)[C@@H](NC(C)=O)C(O)O[C@@H]2CO)O[C@H](CO)[C@@H](O[C@@H]2O[C@H](CO[C@H]3O[C@H](CO[C@H]4O[C@H](CO)[C@@H](O)[C@H](O)[C@@H]4O[C@H]4O[C@H](CO)[C@@H](O)[C@H](O)[C@@H]4O)[C@@H](O)[C@H](O[C@H]4O[C@H](CO)[C@@H](O)[C@H](O)[C@@H]4O)[C@@H]3O)[C@@H](O)[C@H](O[C@H]3O[C@H](CO)[C@@H](O)[C@H](O)[C@@H]3O[C@H]3O[C@H](CO)[C@@H](O)[C@H](O)[C@@H]3O[C@H]3O[C@H](CO)[C@@H](O)[C@H](OC4O[C@H](CO)[C@@H](O)[C@H](O)[C@H]4O)[C@@H]3O)[C@@H]2O)[C@@H]1O. The van der Waals surface area contributed by atoms with Crippen LogP contribution < -0.4 is 10.6 Å². The molecule has 11 rings (SSSR count). The Bertz CT molecular complexity index is 3380. The fraction of sp³-hybridized carbons (Fsp3) is 0.971. The summed E-state index contributed by atoms with van der Waals surface area (Å²) in [6.07, 6.45) is -116. The highest BCUT2D eigenvalue weighted by Gasteiger charge is 2.62. The normalized spacial score (nSPS) is 51.7. The van der Waals surface area contributed by atoms with Gasteiger partial charge in [0.15, 0.2) is 69.2 Å². The van der Waals surface area contributed by atoms with Crippen LogP contribution in [0.1, 0.15) is 13.8 Å². The first-order chi connectivity index (χ1) is 60.7. The van der Waals surface area contributed by atoms with Crippen LogP contribution in [-0.4, -0.2) is 591 Å². The maximum atomic E-state index is 13.1. The number of ether oxygens (including phenoxy) is 21. The van der Waals surface area contributed by atoms with E-state index < -0.39 is 422 Å². The van der Waals surface area contributed by atoms with Crippen molar-refractivity contribution < 1.29 is 278 Å². The summed E-state index contributed by atoms with van der Waals surface area (Å²) >= 11 is 0. The van der Waals surface area contributed by atoms with E-state index >= 15 is 0 Å². The Hall–Kier alpha value is -3.22. The maximum Gasteiger partial charge on any atom is 0.217 e. The predicted molar refractivity (Wildman–Crippen MR) is 386 cm³/mol. The molecular formula is C70H118N2O56. The molecule has 0 aromatic heterocycles. The lowest BCUT2D eigenvalue weighted by molar-refractivity contribution is -0.411. The van der Waals surface area contributed by atoms with E-state index in [1.54, 1.807) is 0 Å². The van der Waals surface area contributed by atoms with E-state index in [0.29, 0.717) is 0 Å². The molecule has 0 radical (unpaired) electrons. The van der Waals surface area contributed by atoms with Crippen molar-refractivity contribution in [2.45, 2.75) is 351 Å². The van der Waals surface area contributed by atoms with E-state index in [9.17, 15) is 178 Å². The molecule has 0 saturated carbocycles. The molecule has 58 nitrogen and oxygen atoms in total. The number of aliphatic hydroxyl groups is 33. The van der Waals surface area contributed by atoms with Crippen LogP contribution in [0.2, 0.25) is 0 Å². The van der Waals surface area contributed by atoms with Crippen LogP contribution in [-0.2, 0) is 109 Å². The van der Waals surface area contributed by atoms with Gasteiger partial charge < -0.3 is 279 Å². The molecule has 11 aliphatic heterocycles. The molecule has 11 saturated heterocycles. The van der Waals surface area contributed by atoms with Gasteiger partial charge in [0.2, 0.25) is 11.8 Å². The van der Waals surface area contributed by atoms with E-state index in [0.717, 1.165) is 13.8 Å². The topological polar surface area (TPSA) is 920 Å². The van der Waals surface area contributed by atoms with Crippen LogP contribution in [0.5, 0.6) is 0 Å². The van der Waals surface area contributed by atoms with Crippen molar-refractivity contribution in [1.82, 2.24) is 10.6 Å². The molecule has 11 aliphatic rings. The van der Waals surface area contributed by atoms with Gasteiger partial charge in [0, 0.05) is 13.8 Å². The maximum absolute atomic E-state index is 13.1. The summed E-state index contributed by atoms with van der Waals surface area (Å²) in [5.41, 5.74) is 0. The lowest BCUT2D eigenvalue weighted by Gasteiger charge is -2.51. The van der Waals surface area contributed by atoms with Crippen molar-refractivity contribution in [2.75, 3.05) is 72.7 Å². The quantitative estimate of drug-likeness (QED) is 0.0290. The lowest BCUT2D eigenvalue weighted by atomic mass is 9.94. The van der Waals surface area contributed by atoms with Crippen LogP contribution in [0.3, 0.4) is 0 Å². The molecule has 128 heavy (non-hydrogen) atoms. The van der Waals surface area contributed by atoms with Gasteiger partial charge in [-0.15, -0.1) is 0 Å². The van der Waals surface area contributed by atoms with Crippen molar-refractivity contribution in [3.63, 3.8) is 0 Å². The fourth-order valence-electron chi connectivity index (χ4n) is 16.5. The highest BCUT2D eigenvalue weighted by molar-refractivity contribution is 5.73. The van der Waals surface area contributed by atoms with Crippen LogP contribution in [0.15, 0.2) is 0 Å². The number of hydrogen-bond donors (Lipinski definition) is 35. The largest absolute Gasteiger partial charge is 0.394 e. The lowest BCUT2D eigenvalue weighted by Crippen LogP contribution is -2.70. The summed E-state index contributed by atoms with van der Waals surface area (Å²) in [5, 5.41) is 372. The minimum Gasteiger partial charge on any atom is -0.394 e. The second-order valence-electron chi connectivity index (χ2n) is 32.3. The third kappa shape index (κ3) is 22.5. The Morgan fingerprint density at radius 1 is 0.203 bits per heavy atom. The van der Waals surface area contributed by atoms with Gasteiger partial charge in [0.1, 0.15) is 268 Å². The van der Waals surface area contributed by atoms with Crippen molar-refractivity contribution in [3.8, 4) is 0 Å². The van der Waals surface area contributed by atoms with Crippen molar-refractivity contribution in [1.29, 1.82) is 0 Å². The molecule has 35 N–H and O–H groups in total. The first kappa shape index (κ1) is 105. The Morgan fingerprint density at radius 2 is 0.430 bits per heavy atom. The van der Waals surface area contributed by atoms with Crippen molar-refractivity contribution >= 4 is 11.8 Å². The zero-order valence-corrected chi connectivity index (χ0v) is 67.7. The Labute approximate surface area is 722 Å². The summed E-state index contributed by atoms with van der Waals surface area (Å²) in [7, 11) is 0. The molecule has 11 fully saturated rings. The summed E-state index contributed by atoms with van der Waals surface area (Å²) in [5.74, 6) is -1.82. The minimum absolute atomic E-state index is 0.822. The molecule has 0 aromatic rings. The van der Waals surface area contributed by atoms with Gasteiger partial charge in [0.25, 0.3) is 0 Å². The third-order valence-electron chi connectivity index (χ3n) is 23.8. The number of hydrogen-bond acceptors (Lipinski definition) is 56. The molecule has 11 heterocycles. The molecule has 0 aliphatic carbocycles. The number of rotatable bonds is 33. The highest BCUT2D eigenvalue weighted by Crippen LogP contribution is 2.42. The Balaban J connectivity index is 0.934. The number of nitrogens with one attached hydrogen (secondary N) is 2. The Morgan fingerprint density at radius 3 is 0.797 bits per heavy atom. The summed E-state index contributed by atoms with van der Waals surface area (Å²) < 4.78 is 123. The molecule has 58 heteroatoms.